The van der Waals surface area contributed by atoms with Crippen molar-refractivity contribution in [3.8, 4) is 11.5 Å². The lowest BCUT2D eigenvalue weighted by atomic mass is 9.97. The van der Waals surface area contributed by atoms with Crippen LogP contribution in [0.1, 0.15) is 53.2 Å². The van der Waals surface area contributed by atoms with E-state index in [2.05, 4.69) is 11.8 Å². The summed E-state index contributed by atoms with van der Waals surface area (Å²) in [5, 5.41) is 10.7. The summed E-state index contributed by atoms with van der Waals surface area (Å²) >= 11 is 0. The van der Waals surface area contributed by atoms with Gasteiger partial charge >= 0.3 is 0 Å². The third-order valence-electron chi connectivity index (χ3n) is 6.23. The number of hydrogen-bond acceptors (Lipinski definition) is 5. The summed E-state index contributed by atoms with van der Waals surface area (Å²) in [5.74, 6) is 0.913. The monoisotopic (exact) mass is 406 g/mol. The molecule has 1 atom stereocenters. The molecule has 0 aliphatic carbocycles. The summed E-state index contributed by atoms with van der Waals surface area (Å²) in [6.07, 6.45) is 5.34. The third kappa shape index (κ3) is 3.82. The number of allylic oxidation sites excluding steroid dienone is 1. The van der Waals surface area contributed by atoms with Gasteiger partial charge in [0.25, 0.3) is 0 Å². The number of phenols is 1. The average Bonchev–Trinajstić information content (AvgIpc) is 3.03. The second kappa shape index (κ2) is 8.15. The predicted octanol–water partition coefficient (Wildman–Crippen LogP) is 4.76. The van der Waals surface area contributed by atoms with Gasteiger partial charge in [0.2, 0.25) is 5.78 Å². The van der Waals surface area contributed by atoms with E-state index in [0.717, 1.165) is 36.2 Å². The largest absolute Gasteiger partial charge is 0.507 e. The molecule has 1 N–H and O–H groups in total. The number of hydrogen-bond donors (Lipinski definition) is 1. The fraction of sp³-hybridized carbons (Fsp3) is 0.400. The predicted molar refractivity (Wildman–Crippen MR) is 120 cm³/mol. The first-order valence-electron chi connectivity index (χ1n) is 10.7. The number of carbonyl (C=O) groups excluding carboxylic acids is 1. The zero-order valence-corrected chi connectivity index (χ0v) is 18.2. The summed E-state index contributed by atoms with van der Waals surface area (Å²) in [6, 6.07) is 10.1. The fourth-order valence-electron chi connectivity index (χ4n) is 4.35. The molecule has 2 aromatic rings. The lowest BCUT2D eigenvalue weighted by Crippen LogP contribution is -2.36. The molecule has 158 valence electrons. The SMILES string of the molecule is Cc1cc(O)c(CN2CCCCC2C)c2c1C(=O)/C(=C/c1ccc(N(C)C)cc1)O2. The van der Waals surface area contributed by atoms with Crippen LogP contribution in [0.5, 0.6) is 11.5 Å². The smallest absolute Gasteiger partial charge is 0.232 e. The molecule has 2 aliphatic rings. The summed E-state index contributed by atoms with van der Waals surface area (Å²) < 4.78 is 6.08. The van der Waals surface area contributed by atoms with Crippen molar-refractivity contribution >= 4 is 17.5 Å². The number of nitrogens with zero attached hydrogens (tertiary/aromatic N) is 2. The van der Waals surface area contributed by atoms with Gasteiger partial charge in [0.15, 0.2) is 5.76 Å². The van der Waals surface area contributed by atoms with Crippen LogP contribution in [-0.4, -0.2) is 42.5 Å². The molecule has 2 aliphatic heterocycles. The summed E-state index contributed by atoms with van der Waals surface area (Å²) in [6.45, 7) is 5.66. The maximum Gasteiger partial charge on any atom is 0.232 e. The van der Waals surface area contributed by atoms with Gasteiger partial charge in [-0.05, 0) is 68.6 Å². The van der Waals surface area contributed by atoms with Crippen LogP contribution in [-0.2, 0) is 6.54 Å². The number of carbonyl (C=O) groups is 1. The Morgan fingerprint density at radius 3 is 2.63 bits per heavy atom. The highest BCUT2D eigenvalue weighted by molar-refractivity contribution is 6.15. The molecular weight excluding hydrogens is 376 g/mol. The van der Waals surface area contributed by atoms with Gasteiger partial charge in [-0.25, -0.2) is 0 Å². The summed E-state index contributed by atoms with van der Waals surface area (Å²) in [4.78, 5) is 17.5. The van der Waals surface area contributed by atoms with Gasteiger partial charge < -0.3 is 14.7 Å². The van der Waals surface area contributed by atoms with Crippen molar-refractivity contribution in [1.29, 1.82) is 0 Å². The van der Waals surface area contributed by atoms with Crippen LogP contribution in [0, 0.1) is 6.92 Å². The minimum Gasteiger partial charge on any atom is -0.507 e. The number of anilines is 1. The minimum absolute atomic E-state index is 0.118. The Morgan fingerprint density at radius 2 is 1.97 bits per heavy atom. The van der Waals surface area contributed by atoms with E-state index in [4.69, 9.17) is 4.74 Å². The Morgan fingerprint density at radius 1 is 1.23 bits per heavy atom. The van der Waals surface area contributed by atoms with E-state index in [9.17, 15) is 9.90 Å². The normalized spacial score (nSPS) is 20.3. The van der Waals surface area contributed by atoms with Crippen molar-refractivity contribution in [2.24, 2.45) is 0 Å². The molecule has 1 saturated heterocycles. The molecule has 0 amide bonds. The molecular formula is C25H30N2O3. The molecule has 4 rings (SSSR count). The highest BCUT2D eigenvalue weighted by Gasteiger charge is 2.34. The maximum absolute atomic E-state index is 13.1. The van der Waals surface area contributed by atoms with Crippen LogP contribution >= 0.6 is 0 Å². The van der Waals surface area contributed by atoms with E-state index < -0.39 is 0 Å². The lowest BCUT2D eigenvalue weighted by Gasteiger charge is -2.33. The molecule has 0 spiro atoms. The Bertz CT molecular complexity index is 992. The number of likely N-dealkylation sites (tertiary alicyclic amines) is 1. The van der Waals surface area contributed by atoms with Crippen LogP contribution in [0.2, 0.25) is 0 Å². The molecule has 1 unspecified atom stereocenters. The van der Waals surface area contributed by atoms with Gasteiger partial charge in [0.1, 0.15) is 11.5 Å². The van der Waals surface area contributed by atoms with Crippen molar-refractivity contribution in [2.45, 2.75) is 45.7 Å². The van der Waals surface area contributed by atoms with Crippen molar-refractivity contribution in [3.63, 3.8) is 0 Å². The Hall–Kier alpha value is -2.79. The molecule has 0 saturated carbocycles. The average molecular weight is 407 g/mol. The second-order valence-electron chi connectivity index (χ2n) is 8.64. The highest BCUT2D eigenvalue weighted by Crippen LogP contribution is 2.42. The lowest BCUT2D eigenvalue weighted by molar-refractivity contribution is 0.101. The maximum atomic E-state index is 13.1. The fourth-order valence-corrected chi connectivity index (χ4v) is 4.35. The van der Waals surface area contributed by atoms with E-state index in [1.807, 2.05) is 50.2 Å². The summed E-state index contributed by atoms with van der Waals surface area (Å²) in [7, 11) is 3.99. The third-order valence-corrected chi connectivity index (χ3v) is 6.23. The van der Waals surface area contributed by atoms with Gasteiger partial charge in [-0.3, -0.25) is 9.69 Å². The molecule has 5 nitrogen and oxygen atoms in total. The van der Waals surface area contributed by atoms with E-state index >= 15 is 0 Å². The molecule has 5 heteroatoms. The summed E-state index contributed by atoms with van der Waals surface area (Å²) in [5.41, 5.74) is 4.03. The molecule has 2 heterocycles. The molecule has 30 heavy (non-hydrogen) atoms. The van der Waals surface area contributed by atoms with Gasteiger partial charge in [-0.1, -0.05) is 18.6 Å². The van der Waals surface area contributed by atoms with E-state index in [-0.39, 0.29) is 11.5 Å². The quantitative estimate of drug-likeness (QED) is 0.742. The first-order chi connectivity index (χ1) is 14.3. The van der Waals surface area contributed by atoms with Crippen LogP contribution in [0.4, 0.5) is 5.69 Å². The highest BCUT2D eigenvalue weighted by atomic mass is 16.5. The first kappa shape index (κ1) is 20.5. The van der Waals surface area contributed by atoms with E-state index in [1.165, 1.54) is 6.42 Å². The van der Waals surface area contributed by atoms with Gasteiger partial charge in [0, 0.05) is 32.4 Å². The van der Waals surface area contributed by atoms with E-state index in [1.54, 1.807) is 12.1 Å². The molecule has 1 fully saturated rings. The topological polar surface area (TPSA) is 53.0 Å². The zero-order chi connectivity index (χ0) is 21.4. The van der Waals surface area contributed by atoms with Crippen molar-refractivity contribution in [2.75, 3.05) is 25.5 Å². The van der Waals surface area contributed by atoms with Crippen LogP contribution in [0.25, 0.3) is 6.08 Å². The Balaban J connectivity index is 1.66. The van der Waals surface area contributed by atoms with Gasteiger partial charge in [0.05, 0.1) is 11.1 Å². The van der Waals surface area contributed by atoms with Gasteiger partial charge in [-0.15, -0.1) is 0 Å². The second-order valence-corrected chi connectivity index (χ2v) is 8.64. The molecule has 0 aromatic heterocycles. The number of piperidine rings is 1. The van der Waals surface area contributed by atoms with Crippen LogP contribution < -0.4 is 9.64 Å². The number of rotatable bonds is 4. The van der Waals surface area contributed by atoms with Crippen molar-refractivity contribution in [3.05, 3.63) is 58.3 Å². The first-order valence-corrected chi connectivity index (χ1v) is 10.7. The molecule has 2 aromatic carbocycles. The number of ketones is 1. The number of aromatic hydroxyl groups is 1. The van der Waals surface area contributed by atoms with Crippen molar-refractivity contribution in [1.82, 2.24) is 4.90 Å². The number of benzene rings is 2. The molecule has 0 radical (unpaired) electrons. The van der Waals surface area contributed by atoms with Gasteiger partial charge in [-0.2, -0.15) is 0 Å². The Kier molecular flexibility index (Phi) is 5.56. The van der Waals surface area contributed by atoms with E-state index in [0.29, 0.717) is 35.2 Å². The van der Waals surface area contributed by atoms with Crippen molar-refractivity contribution < 1.29 is 14.6 Å². The number of fused-ring (bicyclic) bond motifs is 1. The minimum atomic E-state index is -0.118. The van der Waals surface area contributed by atoms with Crippen LogP contribution in [0.15, 0.2) is 36.1 Å². The van der Waals surface area contributed by atoms with Crippen LogP contribution in [0.3, 0.4) is 0 Å². The number of phenolic OH excluding ortho intramolecular Hbond substituents is 1. The molecule has 0 bridgehead atoms. The Labute approximate surface area is 178 Å². The zero-order valence-electron chi connectivity index (χ0n) is 18.2. The standard InChI is InChI=1S/C25H30N2O3/c1-16-13-21(28)20(15-27-12-6-5-7-17(27)2)25-23(16)24(29)22(30-25)14-18-8-10-19(11-9-18)26(3)4/h8-11,13-14,17,28H,5-7,12,15H2,1-4H3/b22-14-. The number of aryl methyl sites for hydroxylation is 1. The number of Topliss-reactive ketones (excluding diaryl/α,β-unsaturated/α-hetero) is 1. The number of ether oxygens (including phenoxy) is 1.